The fourth-order valence-corrected chi connectivity index (χ4v) is 4.64. The van der Waals surface area contributed by atoms with Crippen molar-refractivity contribution in [1.82, 2.24) is 9.21 Å². The highest BCUT2D eigenvalue weighted by Crippen LogP contribution is 2.22. The van der Waals surface area contributed by atoms with E-state index in [1.54, 1.807) is 11.4 Å². The Balaban J connectivity index is 1.69. The Kier molecular flexibility index (Phi) is 5.01. The van der Waals surface area contributed by atoms with Gasteiger partial charge in [0.25, 0.3) is 0 Å². The molecule has 3 rings (SSSR count). The Labute approximate surface area is 137 Å². The molecule has 2 aliphatic heterocycles. The molecule has 0 spiro atoms. The van der Waals surface area contributed by atoms with Crippen LogP contribution in [0.1, 0.15) is 5.56 Å². The number of para-hydroxylation sites is 1. The maximum absolute atomic E-state index is 12.1. The zero-order valence-corrected chi connectivity index (χ0v) is 14.0. The lowest BCUT2D eigenvalue weighted by Crippen LogP contribution is -2.62. The molecule has 0 N–H and O–H groups in total. The van der Waals surface area contributed by atoms with Crippen LogP contribution in [-0.2, 0) is 14.8 Å². The Hall–Kier alpha value is -1.41. The van der Waals surface area contributed by atoms with Crippen molar-refractivity contribution < 1.29 is 17.9 Å². The summed E-state index contributed by atoms with van der Waals surface area (Å²) >= 11 is 0. The normalized spacial score (nSPS) is 25.3. The first-order valence-corrected chi connectivity index (χ1v) is 9.33. The number of fused-ring (bicyclic) bond motifs is 1. The molecule has 1 unspecified atom stereocenters. The first-order valence-electron chi connectivity index (χ1n) is 7.73. The Morgan fingerprint density at radius 2 is 2.17 bits per heavy atom. The molecule has 0 radical (unpaired) electrons. The monoisotopic (exact) mass is 338 g/mol. The predicted octanol–water partition coefficient (Wildman–Crippen LogP) is 1.01. The van der Waals surface area contributed by atoms with E-state index in [2.05, 4.69) is 4.90 Å². The van der Waals surface area contributed by atoms with Gasteiger partial charge >= 0.3 is 0 Å². The standard InChI is InChI=1S/C16H22N2O4S/c1-21-15-7-3-2-5-14(15)6-4-8-17-10-12-23(19,20)18-9-11-22-13-16(17)18/h2-7,16H,8-13H2,1H3. The number of hydrogen-bond donors (Lipinski definition) is 0. The van der Waals surface area contributed by atoms with Crippen LogP contribution in [0.5, 0.6) is 5.75 Å². The van der Waals surface area contributed by atoms with E-state index in [-0.39, 0.29) is 11.9 Å². The first-order chi connectivity index (χ1) is 11.1. The van der Waals surface area contributed by atoms with Gasteiger partial charge in [-0.2, -0.15) is 4.31 Å². The van der Waals surface area contributed by atoms with Gasteiger partial charge in [-0.15, -0.1) is 0 Å². The van der Waals surface area contributed by atoms with Crippen LogP contribution >= 0.6 is 0 Å². The van der Waals surface area contributed by atoms with Gasteiger partial charge in [-0.1, -0.05) is 30.4 Å². The van der Waals surface area contributed by atoms with E-state index in [9.17, 15) is 8.42 Å². The average Bonchev–Trinajstić information content (AvgIpc) is 2.57. The first kappa shape index (κ1) is 16.4. The fraction of sp³-hybridized carbons (Fsp3) is 0.500. The molecule has 1 aromatic rings. The lowest BCUT2D eigenvalue weighted by Gasteiger charge is -2.44. The second kappa shape index (κ2) is 7.00. The molecule has 1 atom stereocenters. The highest BCUT2D eigenvalue weighted by Gasteiger charge is 2.40. The molecule has 7 heteroatoms. The summed E-state index contributed by atoms with van der Waals surface area (Å²) in [4.78, 5) is 2.14. The largest absolute Gasteiger partial charge is 0.496 e. The lowest BCUT2D eigenvalue weighted by molar-refractivity contribution is -0.0387. The topological polar surface area (TPSA) is 59.1 Å². The molecule has 0 saturated carbocycles. The Morgan fingerprint density at radius 3 is 3.00 bits per heavy atom. The number of methoxy groups -OCH3 is 1. The van der Waals surface area contributed by atoms with E-state index >= 15 is 0 Å². The second-order valence-corrected chi connectivity index (χ2v) is 7.66. The number of nitrogens with zero attached hydrogens (tertiary/aromatic N) is 2. The maximum atomic E-state index is 12.1. The van der Waals surface area contributed by atoms with Gasteiger partial charge in [-0.25, -0.2) is 8.42 Å². The van der Waals surface area contributed by atoms with Crippen molar-refractivity contribution in [1.29, 1.82) is 0 Å². The molecule has 2 fully saturated rings. The van der Waals surface area contributed by atoms with Crippen LogP contribution in [0.15, 0.2) is 30.3 Å². The van der Waals surface area contributed by atoms with E-state index < -0.39 is 10.0 Å². The Morgan fingerprint density at radius 1 is 1.35 bits per heavy atom. The number of morpholine rings is 1. The summed E-state index contributed by atoms with van der Waals surface area (Å²) in [6, 6.07) is 7.81. The van der Waals surface area contributed by atoms with Crippen molar-refractivity contribution >= 4 is 16.1 Å². The lowest BCUT2D eigenvalue weighted by atomic mass is 10.2. The van der Waals surface area contributed by atoms with Crippen molar-refractivity contribution in [3.63, 3.8) is 0 Å². The van der Waals surface area contributed by atoms with Crippen molar-refractivity contribution in [3.8, 4) is 5.75 Å². The van der Waals surface area contributed by atoms with Crippen molar-refractivity contribution in [3.05, 3.63) is 35.9 Å². The van der Waals surface area contributed by atoms with Crippen LogP contribution in [0.3, 0.4) is 0 Å². The molecule has 0 aliphatic carbocycles. The molecule has 0 bridgehead atoms. The molecule has 126 valence electrons. The molecule has 2 aliphatic rings. The van der Waals surface area contributed by atoms with Gasteiger partial charge in [0.15, 0.2) is 0 Å². The van der Waals surface area contributed by atoms with Crippen molar-refractivity contribution in [2.45, 2.75) is 6.17 Å². The summed E-state index contributed by atoms with van der Waals surface area (Å²) in [7, 11) is -1.48. The smallest absolute Gasteiger partial charge is 0.216 e. The minimum Gasteiger partial charge on any atom is -0.496 e. The summed E-state index contributed by atoms with van der Waals surface area (Å²) in [5.41, 5.74) is 1.01. The number of benzene rings is 1. The van der Waals surface area contributed by atoms with Crippen LogP contribution in [0.25, 0.3) is 6.08 Å². The third-order valence-electron chi connectivity index (χ3n) is 4.25. The van der Waals surface area contributed by atoms with Gasteiger partial charge in [0, 0.05) is 25.2 Å². The van der Waals surface area contributed by atoms with Gasteiger partial charge in [0.2, 0.25) is 10.0 Å². The number of rotatable bonds is 4. The second-order valence-electron chi connectivity index (χ2n) is 5.62. The van der Waals surface area contributed by atoms with E-state index in [1.807, 2.05) is 36.4 Å². The van der Waals surface area contributed by atoms with Gasteiger partial charge in [0.05, 0.1) is 26.1 Å². The molecule has 0 amide bonds. The van der Waals surface area contributed by atoms with E-state index in [0.29, 0.717) is 32.8 Å². The van der Waals surface area contributed by atoms with Gasteiger partial charge in [-0.3, -0.25) is 4.90 Å². The summed E-state index contributed by atoms with van der Waals surface area (Å²) in [5.74, 6) is 0.999. The van der Waals surface area contributed by atoms with Gasteiger partial charge in [0.1, 0.15) is 11.9 Å². The minimum atomic E-state index is -3.14. The van der Waals surface area contributed by atoms with E-state index in [0.717, 1.165) is 11.3 Å². The summed E-state index contributed by atoms with van der Waals surface area (Å²) in [6.45, 7) is 2.56. The number of hydrogen-bond acceptors (Lipinski definition) is 5. The molecule has 6 nitrogen and oxygen atoms in total. The summed E-state index contributed by atoms with van der Waals surface area (Å²) in [5, 5.41) is 0. The summed E-state index contributed by atoms with van der Waals surface area (Å²) < 4.78 is 36.7. The van der Waals surface area contributed by atoms with Gasteiger partial charge in [-0.05, 0) is 6.07 Å². The van der Waals surface area contributed by atoms with Crippen LogP contribution < -0.4 is 4.74 Å². The Bertz CT molecular complexity index is 674. The average molecular weight is 338 g/mol. The molecule has 23 heavy (non-hydrogen) atoms. The highest BCUT2D eigenvalue weighted by atomic mass is 32.2. The van der Waals surface area contributed by atoms with Crippen LogP contribution in [0.4, 0.5) is 0 Å². The molecule has 2 heterocycles. The van der Waals surface area contributed by atoms with E-state index in [4.69, 9.17) is 9.47 Å². The highest BCUT2D eigenvalue weighted by molar-refractivity contribution is 7.89. The van der Waals surface area contributed by atoms with Gasteiger partial charge < -0.3 is 9.47 Å². The van der Waals surface area contributed by atoms with Crippen molar-refractivity contribution in [2.75, 3.05) is 45.7 Å². The minimum absolute atomic E-state index is 0.173. The van der Waals surface area contributed by atoms with Crippen LogP contribution in [0, 0.1) is 0 Å². The predicted molar refractivity (Wildman–Crippen MR) is 88.7 cm³/mol. The third kappa shape index (κ3) is 3.58. The van der Waals surface area contributed by atoms with Crippen LogP contribution in [-0.4, -0.2) is 69.5 Å². The molecule has 2 saturated heterocycles. The van der Waals surface area contributed by atoms with E-state index in [1.165, 1.54) is 0 Å². The maximum Gasteiger partial charge on any atom is 0.216 e. The molecular weight excluding hydrogens is 316 g/mol. The van der Waals surface area contributed by atoms with Crippen LogP contribution in [0.2, 0.25) is 0 Å². The van der Waals surface area contributed by atoms with Crippen molar-refractivity contribution in [2.24, 2.45) is 0 Å². The summed E-state index contributed by atoms with van der Waals surface area (Å²) in [6.07, 6.45) is 3.86. The zero-order valence-electron chi connectivity index (χ0n) is 13.2. The SMILES string of the molecule is COc1ccccc1C=CCN1CCS(=O)(=O)N2CCOCC12. The molecular formula is C16H22N2O4S. The molecule has 0 aromatic heterocycles. The third-order valence-corrected chi connectivity index (χ3v) is 6.09. The number of ether oxygens (including phenoxy) is 2. The number of sulfonamides is 1. The molecule has 1 aromatic carbocycles. The zero-order chi connectivity index (χ0) is 16.3. The quantitative estimate of drug-likeness (QED) is 0.820. The fourth-order valence-electron chi connectivity index (χ4n) is 3.02.